The number of anilines is 1. The molecule has 0 fully saturated rings. The quantitative estimate of drug-likeness (QED) is 0.533. The first-order valence-corrected chi connectivity index (χ1v) is 5.93. The van der Waals surface area contributed by atoms with Crippen LogP contribution >= 0.6 is 15.9 Å². The Kier molecular flexibility index (Phi) is 5.60. The van der Waals surface area contributed by atoms with Crippen molar-refractivity contribution >= 4 is 33.5 Å². The number of nitrogens with two attached hydrogens (primary N) is 1. The lowest BCUT2D eigenvalue weighted by atomic mass is 10.2. The van der Waals surface area contributed by atoms with Crippen LogP contribution in [0.25, 0.3) is 0 Å². The highest BCUT2D eigenvalue weighted by molar-refractivity contribution is 9.10. The average Bonchev–Trinajstić information content (AvgIpc) is 2.31. The highest BCUT2D eigenvalue weighted by Gasteiger charge is 2.06. The van der Waals surface area contributed by atoms with Crippen LogP contribution in [0.15, 0.2) is 22.7 Å². The highest BCUT2D eigenvalue weighted by Crippen LogP contribution is 2.20. The van der Waals surface area contributed by atoms with Gasteiger partial charge in [-0.25, -0.2) is 4.79 Å². The Morgan fingerprint density at radius 2 is 2.17 bits per heavy atom. The predicted molar refractivity (Wildman–Crippen MR) is 69.3 cm³/mol. The molecule has 0 bridgehead atoms. The number of hydrogen-bond acceptors (Lipinski definition) is 4. The lowest BCUT2D eigenvalue weighted by Gasteiger charge is -2.06. The van der Waals surface area contributed by atoms with Crippen molar-refractivity contribution in [3.63, 3.8) is 0 Å². The van der Waals surface area contributed by atoms with Crippen molar-refractivity contribution in [3.8, 4) is 0 Å². The summed E-state index contributed by atoms with van der Waals surface area (Å²) in [6.07, 6.45) is 0. The van der Waals surface area contributed by atoms with E-state index in [-0.39, 0.29) is 25.7 Å². The standard InChI is InChI=1S/C11H13BrN2O4/c12-8-5-7(1-2-9(8)13)11(17)14-3-4-18-6-10(15)16/h1-2,5H,3-4,6,13H2,(H,14,17)(H,15,16). The minimum Gasteiger partial charge on any atom is -0.480 e. The van der Waals surface area contributed by atoms with Gasteiger partial charge in [0, 0.05) is 22.3 Å². The number of carboxylic acid groups (broad SMARTS) is 1. The summed E-state index contributed by atoms with van der Waals surface area (Å²) >= 11 is 3.23. The molecule has 0 aliphatic carbocycles. The number of carbonyl (C=O) groups is 2. The molecule has 1 aromatic rings. The first kappa shape index (κ1) is 14.5. The lowest BCUT2D eigenvalue weighted by Crippen LogP contribution is -2.27. The number of ether oxygens (including phenoxy) is 1. The molecule has 0 heterocycles. The topological polar surface area (TPSA) is 102 Å². The van der Waals surface area contributed by atoms with Gasteiger partial charge < -0.3 is 20.9 Å². The minimum atomic E-state index is -1.04. The molecule has 1 rings (SSSR count). The highest BCUT2D eigenvalue weighted by atomic mass is 79.9. The summed E-state index contributed by atoms with van der Waals surface area (Å²) in [5.74, 6) is -1.31. The Labute approximate surface area is 112 Å². The molecule has 7 heteroatoms. The van der Waals surface area contributed by atoms with Crippen molar-refractivity contribution in [2.75, 3.05) is 25.5 Å². The lowest BCUT2D eigenvalue weighted by molar-refractivity contribution is -0.142. The van der Waals surface area contributed by atoms with Crippen molar-refractivity contribution in [2.24, 2.45) is 0 Å². The van der Waals surface area contributed by atoms with Crippen molar-refractivity contribution < 1.29 is 19.4 Å². The van der Waals surface area contributed by atoms with Crippen LogP contribution in [0.3, 0.4) is 0 Å². The van der Waals surface area contributed by atoms with Crippen molar-refractivity contribution in [1.82, 2.24) is 5.32 Å². The van der Waals surface area contributed by atoms with Gasteiger partial charge in [0.2, 0.25) is 0 Å². The molecule has 0 saturated heterocycles. The number of benzene rings is 1. The number of nitrogen functional groups attached to an aromatic ring is 1. The van der Waals surface area contributed by atoms with Crippen LogP contribution in [0.1, 0.15) is 10.4 Å². The summed E-state index contributed by atoms with van der Waals surface area (Å²) in [7, 11) is 0. The van der Waals surface area contributed by atoms with E-state index in [1.807, 2.05) is 0 Å². The Morgan fingerprint density at radius 1 is 1.44 bits per heavy atom. The molecule has 0 aliphatic rings. The van der Waals surface area contributed by atoms with Crippen molar-refractivity contribution in [2.45, 2.75) is 0 Å². The van der Waals surface area contributed by atoms with E-state index in [4.69, 9.17) is 15.6 Å². The molecule has 1 aromatic carbocycles. The van der Waals surface area contributed by atoms with E-state index < -0.39 is 5.97 Å². The normalized spacial score (nSPS) is 10.1. The molecule has 0 radical (unpaired) electrons. The summed E-state index contributed by atoms with van der Waals surface area (Å²) in [4.78, 5) is 21.8. The van der Waals surface area contributed by atoms with Gasteiger partial charge in [0.05, 0.1) is 6.61 Å². The van der Waals surface area contributed by atoms with Gasteiger partial charge >= 0.3 is 5.97 Å². The molecule has 18 heavy (non-hydrogen) atoms. The predicted octanol–water partition coefficient (Wildman–Crippen LogP) is 0.862. The third kappa shape index (κ3) is 4.72. The molecule has 0 unspecified atom stereocenters. The van der Waals surface area contributed by atoms with Gasteiger partial charge in [-0.2, -0.15) is 0 Å². The fourth-order valence-corrected chi connectivity index (χ4v) is 1.55. The zero-order valence-corrected chi connectivity index (χ0v) is 11.1. The zero-order chi connectivity index (χ0) is 13.5. The number of amides is 1. The summed E-state index contributed by atoms with van der Waals surface area (Å²) in [6, 6.07) is 4.84. The molecule has 4 N–H and O–H groups in total. The zero-order valence-electron chi connectivity index (χ0n) is 9.48. The molecule has 0 spiro atoms. The van der Waals surface area contributed by atoms with Crippen LogP contribution in [0.2, 0.25) is 0 Å². The van der Waals surface area contributed by atoms with E-state index in [0.717, 1.165) is 0 Å². The van der Waals surface area contributed by atoms with Gasteiger partial charge in [-0.1, -0.05) is 0 Å². The van der Waals surface area contributed by atoms with Gasteiger partial charge in [0.15, 0.2) is 0 Å². The maximum Gasteiger partial charge on any atom is 0.329 e. The SMILES string of the molecule is Nc1ccc(C(=O)NCCOCC(=O)O)cc1Br. The van der Waals surface area contributed by atoms with E-state index in [9.17, 15) is 9.59 Å². The third-order valence-corrected chi connectivity index (χ3v) is 2.71. The summed E-state index contributed by atoms with van der Waals surface area (Å²) < 4.78 is 5.43. The van der Waals surface area contributed by atoms with Gasteiger partial charge in [0.25, 0.3) is 5.91 Å². The number of carboxylic acids is 1. The van der Waals surface area contributed by atoms with Crippen molar-refractivity contribution in [1.29, 1.82) is 0 Å². The molecule has 0 aromatic heterocycles. The van der Waals surface area contributed by atoms with Crippen LogP contribution < -0.4 is 11.1 Å². The Bertz CT molecular complexity index is 451. The second-order valence-corrected chi connectivity index (χ2v) is 4.29. The van der Waals surface area contributed by atoms with E-state index >= 15 is 0 Å². The number of carbonyl (C=O) groups excluding carboxylic acids is 1. The molecule has 0 atom stereocenters. The van der Waals surface area contributed by atoms with Crippen LogP contribution in [0, 0.1) is 0 Å². The molecular formula is C11H13BrN2O4. The molecule has 0 aliphatic heterocycles. The van der Waals surface area contributed by atoms with Gasteiger partial charge in [0.1, 0.15) is 6.61 Å². The summed E-state index contributed by atoms with van der Waals surface area (Å²) in [5, 5.41) is 10.9. The smallest absolute Gasteiger partial charge is 0.329 e. The van der Waals surface area contributed by atoms with E-state index in [1.54, 1.807) is 18.2 Å². The van der Waals surface area contributed by atoms with Crippen LogP contribution in [0.4, 0.5) is 5.69 Å². The first-order valence-electron chi connectivity index (χ1n) is 5.13. The number of hydrogen-bond donors (Lipinski definition) is 3. The fraction of sp³-hybridized carbons (Fsp3) is 0.273. The number of nitrogens with one attached hydrogen (secondary N) is 1. The average molecular weight is 317 g/mol. The Hall–Kier alpha value is -1.60. The van der Waals surface area contributed by atoms with Crippen LogP contribution in [0.5, 0.6) is 0 Å². The number of aliphatic carboxylic acids is 1. The monoisotopic (exact) mass is 316 g/mol. The number of halogens is 1. The second kappa shape index (κ2) is 6.97. The maximum absolute atomic E-state index is 11.7. The fourth-order valence-electron chi connectivity index (χ4n) is 1.17. The van der Waals surface area contributed by atoms with Gasteiger partial charge in [-0.15, -0.1) is 0 Å². The van der Waals surface area contributed by atoms with E-state index in [2.05, 4.69) is 21.2 Å². The Morgan fingerprint density at radius 3 is 2.78 bits per heavy atom. The van der Waals surface area contributed by atoms with Crippen LogP contribution in [-0.4, -0.2) is 36.7 Å². The number of rotatable bonds is 6. The molecule has 0 saturated carbocycles. The largest absolute Gasteiger partial charge is 0.480 e. The van der Waals surface area contributed by atoms with Crippen molar-refractivity contribution in [3.05, 3.63) is 28.2 Å². The summed E-state index contributed by atoms with van der Waals surface area (Å²) in [5.41, 5.74) is 6.62. The third-order valence-electron chi connectivity index (χ3n) is 2.02. The minimum absolute atomic E-state index is 0.147. The second-order valence-electron chi connectivity index (χ2n) is 3.44. The summed E-state index contributed by atoms with van der Waals surface area (Å²) in [6.45, 7) is 0.0194. The maximum atomic E-state index is 11.7. The van der Waals surface area contributed by atoms with E-state index in [1.165, 1.54) is 0 Å². The first-order chi connectivity index (χ1) is 8.50. The Balaban J connectivity index is 2.36. The van der Waals surface area contributed by atoms with Gasteiger partial charge in [-0.05, 0) is 34.1 Å². The molecule has 1 amide bonds. The van der Waals surface area contributed by atoms with Gasteiger partial charge in [-0.3, -0.25) is 4.79 Å². The molecule has 6 nitrogen and oxygen atoms in total. The van der Waals surface area contributed by atoms with Crippen LogP contribution in [-0.2, 0) is 9.53 Å². The molecule has 98 valence electrons. The molecular weight excluding hydrogens is 304 g/mol. The van der Waals surface area contributed by atoms with E-state index in [0.29, 0.717) is 15.7 Å².